The summed E-state index contributed by atoms with van der Waals surface area (Å²) in [6, 6.07) is 4.08. The van der Waals surface area contributed by atoms with Crippen molar-refractivity contribution in [3.05, 3.63) is 32.0 Å². The van der Waals surface area contributed by atoms with Crippen LogP contribution in [0.15, 0.2) is 12.1 Å². The van der Waals surface area contributed by atoms with E-state index in [-0.39, 0.29) is 0 Å². The summed E-state index contributed by atoms with van der Waals surface area (Å²) >= 11 is 8.58. The number of rotatable bonds is 2. The first kappa shape index (κ1) is 13.9. The molecule has 18 heavy (non-hydrogen) atoms. The molecular weight excluding hydrogens is 359 g/mol. The van der Waals surface area contributed by atoms with E-state index < -0.39 is 0 Å². The number of hydrogen-bond donors (Lipinski definition) is 1. The zero-order valence-electron chi connectivity index (χ0n) is 10.9. The highest BCUT2D eigenvalue weighted by atomic mass is 127. The Morgan fingerprint density at radius 3 is 2.56 bits per heavy atom. The summed E-state index contributed by atoms with van der Waals surface area (Å²) in [5.74, 6) is 0.431. The Morgan fingerprint density at radius 2 is 2.00 bits per heavy atom. The summed E-state index contributed by atoms with van der Waals surface area (Å²) < 4.78 is 1.13. The molecule has 96 valence electrons. The number of halogens is 2. The van der Waals surface area contributed by atoms with Gasteiger partial charge in [-0.05, 0) is 53.1 Å². The molecule has 4 heteroatoms. The van der Waals surface area contributed by atoms with Gasteiger partial charge in [-0.1, -0.05) is 25.4 Å². The first-order valence-electron chi connectivity index (χ1n) is 5.92. The molecule has 1 N–H and O–H groups in total. The van der Waals surface area contributed by atoms with Gasteiger partial charge in [0.05, 0.1) is 10.5 Å². The molecule has 1 heterocycles. The Bertz CT molecular complexity index is 609. The Balaban J connectivity index is 2.94. The molecule has 0 aliphatic carbocycles. The highest BCUT2D eigenvalue weighted by molar-refractivity contribution is 14.1. The first-order chi connectivity index (χ1) is 8.45. The first-order valence-corrected chi connectivity index (χ1v) is 7.38. The molecule has 2 rings (SSSR count). The minimum absolute atomic E-state index is 0.431. The van der Waals surface area contributed by atoms with Crippen LogP contribution in [0.4, 0.5) is 5.69 Å². The van der Waals surface area contributed by atoms with Crippen LogP contribution in [0.5, 0.6) is 0 Å². The Morgan fingerprint density at radius 1 is 1.33 bits per heavy atom. The van der Waals surface area contributed by atoms with Crippen molar-refractivity contribution < 1.29 is 0 Å². The van der Waals surface area contributed by atoms with Crippen LogP contribution in [0, 0.1) is 10.5 Å². The van der Waals surface area contributed by atoms with Crippen molar-refractivity contribution in [2.24, 2.45) is 0 Å². The maximum absolute atomic E-state index is 6.30. The molecule has 2 nitrogen and oxygen atoms in total. The quantitative estimate of drug-likeness (QED) is 0.751. The smallest absolute Gasteiger partial charge is 0.0913 e. The fourth-order valence-corrected chi connectivity index (χ4v) is 3.47. The molecule has 0 radical (unpaired) electrons. The van der Waals surface area contributed by atoms with Crippen molar-refractivity contribution in [2.75, 3.05) is 12.4 Å². The minimum atomic E-state index is 0.431. The number of fused-ring (bicyclic) bond motifs is 1. The molecule has 0 aliphatic heterocycles. The van der Waals surface area contributed by atoms with Crippen molar-refractivity contribution in [1.82, 2.24) is 4.98 Å². The summed E-state index contributed by atoms with van der Waals surface area (Å²) in [5.41, 5.74) is 4.34. The van der Waals surface area contributed by atoms with Gasteiger partial charge < -0.3 is 5.32 Å². The van der Waals surface area contributed by atoms with Gasteiger partial charge in [-0.2, -0.15) is 0 Å². The number of anilines is 1. The van der Waals surface area contributed by atoms with Gasteiger partial charge in [0.1, 0.15) is 0 Å². The fourth-order valence-electron chi connectivity index (χ4n) is 2.40. The molecule has 1 aromatic carbocycles. The van der Waals surface area contributed by atoms with Crippen LogP contribution in [0.1, 0.15) is 31.0 Å². The van der Waals surface area contributed by atoms with Gasteiger partial charge in [0, 0.05) is 27.4 Å². The summed E-state index contributed by atoms with van der Waals surface area (Å²) in [4.78, 5) is 4.67. The topological polar surface area (TPSA) is 24.9 Å². The Hall–Kier alpha value is -0.550. The summed E-state index contributed by atoms with van der Waals surface area (Å²) in [5, 5.41) is 5.13. The molecule has 1 aromatic heterocycles. The van der Waals surface area contributed by atoms with E-state index in [9.17, 15) is 0 Å². The normalized spacial score (nSPS) is 11.3. The summed E-state index contributed by atoms with van der Waals surface area (Å²) in [7, 11) is 1.95. The Kier molecular flexibility index (Phi) is 4.02. The number of hydrogen-bond acceptors (Lipinski definition) is 2. The largest absolute Gasteiger partial charge is 0.387 e. The second kappa shape index (κ2) is 5.21. The minimum Gasteiger partial charge on any atom is -0.387 e. The lowest BCUT2D eigenvalue weighted by Crippen LogP contribution is -2.04. The standard InChI is InChI=1S/C14H16ClIN2/c1-7(2)12-8(3)18-13-10(14(12)17-4)5-9(16)6-11(13)15/h5-7H,1-4H3,(H,17,18). The van der Waals surface area contributed by atoms with Crippen LogP contribution in [-0.2, 0) is 0 Å². The molecule has 0 aliphatic rings. The van der Waals surface area contributed by atoms with Crippen LogP contribution in [0.2, 0.25) is 5.02 Å². The SMILES string of the molecule is CNc1c(C(C)C)c(C)nc2c(Cl)cc(I)cc12. The predicted molar refractivity (Wildman–Crippen MR) is 87.8 cm³/mol. The van der Waals surface area contributed by atoms with Crippen LogP contribution in [-0.4, -0.2) is 12.0 Å². The summed E-state index contributed by atoms with van der Waals surface area (Å²) in [6.45, 7) is 6.42. The van der Waals surface area contributed by atoms with Gasteiger partial charge in [0.15, 0.2) is 0 Å². The van der Waals surface area contributed by atoms with E-state index in [2.05, 4.69) is 52.8 Å². The molecular formula is C14H16ClIN2. The number of aryl methyl sites for hydroxylation is 1. The van der Waals surface area contributed by atoms with E-state index in [0.717, 1.165) is 25.9 Å². The highest BCUT2D eigenvalue weighted by Gasteiger charge is 2.16. The number of nitrogens with one attached hydrogen (secondary N) is 1. The molecule has 0 spiro atoms. The van der Waals surface area contributed by atoms with E-state index in [4.69, 9.17) is 11.6 Å². The van der Waals surface area contributed by atoms with Crippen LogP contribution in [0.25, 0.3) is 10.9 Å². The zero-order chi connectivity index (χ0) is 13.4. The van der Waals surface area contributed by atoms with Gasteiger partial charge in [-0.15, -0.1) is 0 Å². The predicted octanol–water partition coefficient (Wildman–Crippen LogP) is 4.97. The van der Waals surface area contributed by atoms with E-state index in [1.807, 2.05) is 20.0 Å². The molecule has 0 saturated carbocycles. The zero-order valence-corrected chi connectivity index (χ0v) is 13.8. The molecule has 0 bridgehead atoms. The van der Waals surface area contributed by atoms with Gasteiger partial charge in [0.2, 0.25) is 0 Å². The average Bonchev–Trinajstić information content (AvgIpc) is 2.28. The second-order valence-corrected chi connectivity index (χ2v) is 6.33. The molecule has 0 atom stereocenters. The van der Waals surface area contributed by atoms with E-state index in [1.54, 1.807) is 0 Å². The molecule has 2 aromatic rings. The van der Waals surface area contributed by atoms with Crippen LogP contribution < -0.4 is 5.32 Å². The van der Waals surface area contributed by atoms with E-state index in [0.29, 0.717) is 10.9 Å². The molecule has 0 unspecified atom stereocenters. The van der Waals surface area contributed by atoms with Crippen molar-refractivity contribution in [3.63, 3.8) is 0 Å². The van der Waals surface area contributed by atoms with Crippen molar-refractivity contribution in [3.8, 4) is 0 Å². The number of pyridine rings is 1. The molecule has 0 saturated heterocycles. The second-order valence-electron chi connectivity index (χ2n) is 4.67. The lowest BCUT2D eigenvalue weighted by atomic mass is 9.97. The maximum Gasteiger partial charge on any atom is 0.0913 e. The van der Waals surface area contributed by atoms with Crippen LogP contribution >= 0.6 is 34.2 Å². The highest BCUT2D eigenvalue weighted by Crippen LogP contribution is 2.36. The summed E-state index contributed by atoms with van der Waals surface area (Å²) in [6.07, 6.45) is 0. The van der Waals surface area contributed by atoms with Crippen molar-refractivity contribution in [1.29, 1.82) is 0 Å². The molecule has 0 fully saturated rings. The number of aromatic nitrogens is 1. The van der Waals surface area contributed by atoms with Crippen molar-refractivity contribution in [2.45, 2.75) is 26.7 Å². The third-order valence-corrected chi connectivity index (χ3v) is 3.97. The number of nitrogens with zero attached hydrogens (tertiary/aromatic N) is 1. The average molecular weight is 375 g/mol. The molecule has 0 amide bonds. The van der Waals surface area contributed by atoms with Gasteiger partial charge >= 0.3 is 0 Å². The van der Waals surface area contributed by atoms with Gasteiger partial charge in [-0.25, -0.2) is 0 Å². The monoisotopic (exact) mass is 374 g/mol. The van der Waals surface area contributed by atoms with Gasteiger partial charge in [-0.3, -0.25) is 4.98 Å². The number of benzene rings is 1. The Labute approximate surface area is 126 Å². The van der Waals surface area contributed by atoms with E-state index in [1.165, 1.54) is 5.56 Å². The van der Waals surface area contributed by atoms with Gasteiger partial charge in [0.25, 0.3) is 0 Å². The lowest BCUT2D eigenvalue weighted by Gasteiger charge is -2.18. The van der Waals surface area contributed by atoms with Crippen molar-refractivity contribution >= 4 is 50.8 Å². The fraction of sp³-hybridized carbons (Fsp3) is 0.357. The third kappa shape index (κ3) is 2.30. The third-order valence-electron chi connectivity index (χ3n) is 3.06. The maximum atomic E-state index is 6.30. The van der Waals surface area contributed by atoms with Crippen LogP contribution in [0.3, 0.4) is 0 Å². The lowest BCUT2D eigenvalue weighted by molar-refractivity contribution is 0.849. The van der Waals surface area contributed by atoms with E-state index >= 15 is 0 Å².